The third-order valence-electron chi connectivity index (χ3n) is 6.80. The highest BCUT2D eigenvalue weighted by atomic mass is 16.4. The van der Waals surface area contributed by atoms with Crippen LogP contribution in [-0.4, -0.2) is 11.1 Å². The van der Waals surface area contributed by atoms with Crippen LogP contribution in [0, 0.1) is 5.41 Å². The van der Waals surface area contributed by atoms with Crippen molar-refractivity contribution in [3.63, 3.8) is 0 Å². The Bertz CT molecular complexity index is 1240. The summed E-state index contributed by atoms with van der Waals surface area (Å²) in [6, 6.07) is 29.5. The van der Waals surface area contributed by atoms with Crippen LogP contribution in [-0.2, 0) is 10.2 Å². The van der Waals surface area contributed by atoms with E-state index in [4.69, 9.17) is 0 Å². The second-order valence-electron chi connectivity index (χ2n) is 9.45. The average molecular weight is 407 g/mol. The van der Waals surface area contributed by atoms with Gasteiger partial charge in [0.05, 0.1) is 11.8 Å². The van der Waals surface area contributed by atoms with Crippen molar-refractivity contribution < 1.29 is 9.90 Å². The van der Waals surface area contributed by atoms with Gasteiger partial charge in [-0.15, -0.1) is 0 Å². The molecule has 0 spiro atoms. The minimum absolute atomic E-state index is 0.0303. The topological polar surface area (TPSA) is 37.3 Å². The molecule has 0 amide bonds. The minimum atomic E-state index is -0.789. The zero-order chi connectivity index (χ0) is 21.8. The quantitative estimate of drug-likeness (QED) is 0.515. The van der Waals surface area contributed by atoms with E-state index in [0.717, 1.165) is 16.7 Å². The third kappa shape index (κ3) is 2.61. The van der Waals surface area contributed by atoms with Gasteiger partial charge in [0.15, 0.2) is 0 Å². The molecule has 0 saturated carbocycles. The Hall–Kier alpha value is -3.39. The van der Waals surface area contributed by atoms with Crippen LogP contribution in [0.1, 0.15) is 49.4 Å². The summed E-state index contributed by atoms with van der Waals surface area (Å²) in [5.41, 5.74) is 8.74. The number of carbonyl (C=O) groups is 1. The molecule has 1 atom stereocenters. The molecule has 3 aromatic rings. The van der Waals surface area contributed by atoms with E-state index < -0.39 is 11.4 Å². The summed E-state index contributed by atoms with van der Waals surface area (Å²) in [6.45, 7) is 6.82. The maximum absolute atomic E-state index is 11.9. The Morgan fingerprint density at radius 2 is 1.32 bits per heavy atom. The Morgan fingerprint density at radius 3 is 1.90 bits per heavy atom. The minimum Gasteiger partial charge on any atom is -0.481 e. The Morgan fingerprint density at radius 1 is 0.774 bits per heavy atom. The molecule has 1 unspecified atom stereocenters. The summed E-state index contributed by atoms with van der Waals surface area (Å²) in [4.78, 5) is 11.9. The van der Waals surface area contributed by atoms with E-state index in [9.17, 15) is 9.90 Å². The number of fused-ring (bicyclic) bond motifs is 3. The standard InChI is InChI=1S/C29H26O2/c1-28(2,3)29(20-14-8-5-9-15-20)26(19-12-6-4-7-13-19)25-22-17-11-10-16-21(22)23(27(25)29)18-24(30)31/h4-17H,18H2,1-3H3,(H,30,31). The zero-order valence-corrected chi connectivity index (χ0v) is 18.1. The van der Waals surface area contributed by atoms with E-state index in [-0.39, 0.29) is 11.8 Å². The van der Waals surface area contributed by atoms with Gasteiger partial charge in [-0.2, -0.15) is 0 Å². The first-order chi connectivity index (χ1) is 14.9. The SMILES string of the molecule is CC(C)(C)C1(c2ccccc2)C2=C(CC(=O)O)c3ccccc3C2=C1c1ccccc1. The fourth-order valence-corrected chi connectivity index (χ4v) is 5.77. The Balaban J connectivity index is 1.96. The molecule has 0 heterocycles. The lowest BCUT2D eigenvalue weighted by Gasteiger charge is -2.56. The maximum Gasteiger partial charge on any atom is 0.307 e. The number of rotatable bonds is 4. The largest absolute Gasteiger partial charge is 0.481 e. The zero-order valence-electron chi connectivity index (χ0n) is 18.1. The van der Waals surface area contributed by atoms with Crippen molar-refractivity contribution in [1.82, 2.24) is 0 Å². The van der Waals surface area contributed by atoms with Gasteiger partial charge in [0.25, 0.3) is 0 Å². The van der Waals surface area contributed by atoms with E-state index in [0.29, 0.717) is 0 Å². The molecule has 0 fully saturated rings. The van der Waals surface area contributed by atoms with Crippen LogP contribution >= 0.6 is 0 Å². The predicted octanol–water partition coefficient (Wildman–Crippen LogP) is 6.84. The summed E-state index contributed by atoms with van der Waals surface area (Å²) in [6.07, 6.45) is 0.0303. The van der Waals surface area contributed by atoms with Crippen molar-refractivity contribution in [2.45, 2.75) is 32.6 Å². The summed E-state index contributed by atoms with van der Waals surface area (Å²) in [7, 11) is 0. The molecule has 1 N–H and O–H groups in total. The highest BCUT2D eigenvalue weighted by Crippen LogP contribution is 2.72. The molecule has 0 aromatic heterocycles. The van der Waals surface area contributed by atoms with Crippen LogP contribution in [0.15, 0.2) is 90.5 Å². The molecule has 5 rings (SSSR count). The molecule has 154 valence electrons. The van der Waals surface area contributed by atoms with Gasteiger partial charge < -0.3 is 5.11 Å². The molecule has 31 heavy (non-hydrogen) atoms. The fraction of sp³-hybridized carbons (Fsp3) is 0.207. The average Bonchev–Trinajstić information content (AvgIpc) is 2.98. The van der Waals surface area contributed by atoms with Crippen molar-refractivity contribution in [1.29, 1.82) is 0 Å². The molecular weight excluding hydrogens is 380 g/mol. The Labute approximate surface area is 183 Å². The van der Waals surface area contributed by atoms with E-state index in [1.54, 1.807) is 0 Å². The van der Waals surface area contributed by atoms with E-state index in [2.05, 4.69) is 87.5 Å². The highest BCUT2D eigenvalue weighted by Gasteiger charge is 2.61. The van der Waals surface area contributed by atoms with Crippen LogP contribution in [0.2, 0.25) is 0 Å². The van der Waals surface area contributed by atoms with Crippen molar-refractivity contribution in [3.8, 4) is 0 Å². The number of carboxylic acid groups (broad SMARTS) is 1. The van der Waals surface area contributed by atoms with Gasteiger partial charge in [-0.05, 0) is 50.0 Å². The molecule has 2 aliphatic carbocycles. The van der Waals surface area contributed by atoms with Crippen LogP contribution in [0.3, 0.4) is 0 Å². The van der Waals surface area contributed by atoms with Gasteiger partial charge in [-0.1, -0.05) is 106 Å². The molecule has 0 bridgehead atoms. The molecule has 3 aromatic carbocycles. The van der Waals surface area contributed by atoms with Gasteiger partial charge >= 0.3 is 5.97 Å². The van der Waals surface area contributed by atoms with Crippen LogP contribution in [0.5, 0.6) is 0 Å². The summed E-state index contributed by atoms with van der Waals surface area (Å²) >= 11 is 0. The van der Waals surface area contributed by atoms with Crippen molar-refractivity contribution >= 4 is 22.7 Å². The lowest BCUT2D eigenvalue weighted by atomic mass is 9.45. The number of hydrogen-bond donors (Lipinski definition) is 1. The van der Waals surface area contributed by atoms with Gasteiger partial charge in [0.1, 0.15) is 0 Å². The number of aliphatic carboxylic acids is 1. The normalized spacial score (nSPS) is 19.7. The Kier molecular flexibility index (Phi) is 4.30. The first-order valence-corrected chi connectivity index (χ1v) is 10.8. The van der Waals surface area contributed by atoms with Crippen LogP contribution < -0.4 is 0 Å². The second-order valence-corrected chi connectivity index (χ2v) is 9.45. The lowest BCUT2D eigenvalue weighted by Crippen LogP contribution is -2.49. The predicted molar refractivity (Wildman–Crippen MR) is 126 cm³/mol. The van der Waals surface area contributed by atoms with E-state index in [1.807, 2.05) is 18.2 Å². The molecule has 2 aliphatic rings. The molecule has 2 heteroatoms. The first-order valence-electron chi connectivity index (χ1n) is 10.8. The summed E-state index contributed by atoms with van der Waals surface area (Å²) in [5, 5.41) is 9.80. The molecule has 0 saturated heterocycles. The van der Waals surface area contributed by atoms with Crippen molar-refractivity contribution in [3.05, 3.63) is 113 Å². The monoisotopic (exact) mass is 406 g/mol. The third-order valence-corrected chi connectivity index (χ3v) is 6.80. The smallest absolute Gasteiger partial charge is 0.307 e. The van der Waals surface area contributed by atoms with Crippen LogP contribution in [0.25, 0.3) is 16.7 Å². The van der Waals surface area contributed by atoms with Gasteiger partial charge in [-0.25, -0.2) is 0 Å². The van der Waals surface area contributed by atoms with Crippen molar-refractivity contribution in [2.24, 2.45) is 5.41 Å². The number of carboxylic acids is 1. The molecule has 2 nitrogen and oxygen atoms in total. The van der Waals surface area contributed by atoms with Gasteiger partial charge in [0, 0.05) is 0 Å². The number of benzene rings is 3. The van der Waals surface area contributed by atoms with Crippen molar-refractivity contribution in [2.75, 3.05) is 0 Å². The molecular formula is C29H26O2. The first kappa shape index (κ1) is 19.6. The van der Waals surface area contributed by atoms with E-state index in [1.165, 1.54) is 27.8 Å². The molecule has 0 aliphatic heterocycles. The maximum atomic E-state index is 11.9. The number of hydrogen-bond acceptors (Lipinski definition) is 1. The van der Waals surface area contributed by atoms with E-state index >= 15 is 0 Å². The van der Waals surface area contributed by atoms with Crippen LogP contribution in [0.4, 0.5) is 0 Å². The number of allylic oxidation sites excluding steroid dienone is 3. The lowest BCUT2D eigenvalue weighted by molar-refractivity contribution is -0.135. The fourth-order valence-electron chi connectivity index (χ4n) is 5.77. The van der Waals surface area contributed by atoms with Gasteiger partial charge in [0.2, 0.25) is 0 Å². The summed E-state index contributed by atoms with van der Waals surface area (Å²) < 4.78 is 0. The highest BCUT2D eigenvalue weighted by molar-refractivity contribution is 6.23. The second kappa shape index (κ2) is 6.81. The summed E-state index contributed by atoms with van der Waals surface area (Å²) in [5.74, 6) is -0.789. The van der Waals surface area contributed by atoms with Gasteiger partial charge in [-0.3, -0.25) is 4.79 Å². The molecule has 0 radical (unpaired) electrons.